The molecule has 1 aliphatic carbocycles. The molecule has 1 aliphatic heterocycles. The molecule has 0 radical (unpaired) electrons. The number of ether oxygens (including phenoxy) is 2. The van der Waals surface area contributed by atoms with Crippen LogP contribution in [0.1, 0.15) is 34.3 Å². The first kappa shape index (κ1) is 22.7. The topological polar surface area (TPSA) is 97.0 Å². The van der Waals surface area contributed by atoms with Gasteiger partial charge in [0.1, 0.15) is 10.6 Å². The van der Waals surface area contributed by atoms with Crippen LogP contribution in [0.25, 0.3) is 0 Å². The van der Waals surface area contributed by atoms with Crippen molar-refractivity contribution in [3.8, 4) is 5.75 Å². The van der Waals surface area contributed by atoms with E-state index in [4.69, 9.17) is 9.47 Å². The van der Waals surface area contributed by atoms with Gasteiger partial charge in [-0.15, -0.1) is 0 Å². The van der Waals surface area contributed by atoms with E-state index in [-0.39, 0.29) is 28.2 Å². The fourth-order valence-corrected chi connectivity index (χ4v) is 5.08. The SMILES string of the molecule is COc1ccc(C(=O)NCc2ccc(CN3CCOCC3)cc2)cc1S(=O)(=O)NC1CC1. The van der Waals surface area contributed by atoms with E-state index < -0.39 is 10.0 Å². The van der Waals surface area contributed by atoms with Crippen molar-refractivity contribution in [2.45, 2.75) is 36.9 Å². The molecule has 0 unspecified atom stereocenters. The summed E-state index contributed by atoms with van der Waals surface area (Å²) in [5, 5.41) is 2.86. The summed E-state index contributed by atoms with van der Waals surface area (Å²) in [6.45, 7) is 4.66. The van der Waals surface area contributed by atoms with Gasteiger partial charge in [0.25, 0.3) is 5.91 Å². The zero-order chi connectivity index (χ0) is 22.6. The van der Waals surface area contributed by atoms with Gasteiger partial charge < -0.3 is 14.8 Å². The second-order valence-electron chi connectivity index (χ2n) is 8.15. The number of rotatable bonds is 9. The first-order chi connectivity index (χ1) is 15.4. The number of carbonyl (C=O) groups is 1. The Labute approximate surface area is 189 Å². The van der Waals surface area contributed by atoms with Crippen molar-refractivity contribution >= 4 is 15.9 Å². The third-order valence-corrected chi connectivity index (χ3v) is 7.14. The smallest absolute Gasteiger partial charge is 0.251 e. The van der Waals surface area contributed by atoms with Crippen LogP contribution in [-0.4, -0.2) is 58.7 Å². The predicted molar refractivity (Wildman–Crippen MR) is 120 cm³/mol. The molecule has 0 spiro atoms. The average Bonchev–Trinajstić information content (AvgIpc) is 3.62. The normalized spacial score (nSPS) is 17.2. The molecule has 0 bridgehead atoms. The van der Waals surface area contributed by atoms with Gasteiger partial charge in [-0.3, -0.25) is 9.69 Å². The third kappa shape index (κ3) is 5.86. The maximum atomic E-state index is 12.7. The van der Waals surface area contributed by atoms with Crippen LogP contribution < -0.4 is 14.8 Å². The Morgan fingerprint density at radius 3 is 2.44 bits per heavy atom. The highest BCUT2D eigenvalue weighted by atomic mass is 32.2. The molecule has 0 atom stereocenters. The molecule has 8 nitrogen and oxygen atoms in total. The van der Waals surface area contributed by atoms with E-state index in [1.807, 2.05) is 12.1 Å². The minimum atomic E-state index is -3.75. The van der Waals surface area contributed by atoms with Gasteiger partial charge in [0.15, 0.2) is 0 Å². The molecule has 2 aromatic carbocycles. The van der Waals surface area contributed by atoms with Crippen molar-refractivity contribution in [1.82, 2.24) is 14.9 Å². The summed E-state index contributed by atoms with van der Waals surface area (Å²) in [5.41, 5.74) is 2.46. The Morgan fingerprint density at radius 1 is 1.09 bits per heavy atom. The highest BCUT2D eigenvalue weighted by Crippen LogP contribution is 2.28. The summed E-state index contributed by atoms with van der Waals surface area (Å²) in [6, 6.07) is 12.5. The lowest BCUT2D eigenvalue weighted by Gasteiger charge is -2.26. The molecule has 2 aliphatic rings. The molecule has 1 saturated carbocycles. The van der Waals surface area contributed by atoms with E-state index in [0.717, 1.165) is 51.3 Å². The highest BCUT2D eigenvalue weighted by molar-refractivity contribution is 7.89. The van der Waals surface area contributed by atoms with Crippen molar-refractivity contribution < 1.29 is 22.7 Å². The number of hydrogen-bond acceptors (Lipinski definition) is 6. The maximum absolute atomic E-state index is 12.7. The van der Waals surface area contributed by atoms with Crippen molar-refractivity contribution in [2.75, 3.05) is 33.4 Å². The van der Waals surface area contributed by atoms with E-state index in [2.05, 4.69) is 27.1 Å². The van der Waals surface area contributed by atoms with Crippen LogP contribution in [0, 0.1) is 0 Å². The van der Waals surface area contributed by atoms with Gasteiger partial charge in [0.2, 0.25) is 10.0 Å². The number of morpholine rings is 1. The van der Waals surface area contributed by atoms with Crippen molar-refractivity contribution in [2.24, 2.45) is 0 Å². The molecular weight excluding hydrogens is 430 g/mol. The molecule has 1 amide bonds. The summed E-state index contributed by atoms with van der Waals surface area (Å²) in [7, 11) is -2.34. The number of amides is 1. The number of nitrogens with zero attached hydrogens (tertiary/aromatic N) is 1. The van der Waals surface area contributed by atoms with E-state index in [1.54, 1.807) is 6.07 Å². The van der Waals surface area contributed by atoms with Crippen LogP contribution in [0.15, 0.2) is 47.4 Å². The number of methoxy groups -OCH3 is 1. The summed E-state index contributed by atoms with van der Waals surface area (Å²) in [4.78, 5) is 15.0. The standard InChI is InChI=1S/C23H29N3O5S/c1-30-21-9-6-19(14-22(21)32(28,29)25-20-7-8-20)23(27)24-15-17-2-4-18(5-3-17)16-26-10-12-31-13-11-26/h2-6,9,14,20,25H,7-8,10-13,15-16H2,1H3,(H,24,27). The summed E-state index contributed by atoms with van der Waals surface area (Å²) in [5.74, 6) is -0.126. The van der Waals surface area contributed by atoms with E-state index in [9.17, 15) is 13.2 Å². The molecule has 32 heavy (non-hydrogen) atoms. The molecule has 9 heteroatoms. The van der Waals surface area contributed by atoms with Crippen molar-refractivity contribution in [1.29, 1.82) is 0 Å². The van der Waals surface area contributed by atoms with Gasteiger partial charge in [-0.25, -0.2) is 13.1 Å². The molecule has 172 valence electrons. The first-order valence-corrected chi connectivity index (χ1v) is 12.3. The highest BCUT2D eigenvalue weighted by Gasteiger charge is 2.30. The fourth-order valence-electron chi connectivity index (χ4n) is 3.58. The van der Waals surface area contributed by atoms with Gasteiger partial charge in [-0.1, -0.05) is 24.3 Å². The number of benzene rings is 2. The van der Waals surface area contributed by atoms with Crippen LogP contribution in [0.2, 0.25) is 0 Å². The van der Waals surface area contributed by atoms with Gasteiger partial charge in [-0.05, 0) is 42.2 Å². The van der Waals surface area contributed by atoms with E-state index in [1.165, 1.54) is 24.8 Å². The average molecular weight is 460 g/mol. The zero-order valence-electron chi connectivity index (χ0n) is 18.2. The van der Waals surface area contributed by atoms with Crippen molar-refractivity contribution in [3.63, 3.8) is 0 Å². The minimum Gasteiger partial charge on any atom is -0.495 e. The molecule has 2 N–H and O–H groups in total. The van der Waals surface area contributed by atoms with Crippen LogP contribution in [0.4, 0.5) is 0 Å². The second kappa shape index (κ2) is 9.99. The van der Waals surface area contributed by atoms with E-state index >= 15 is 0 Å². The molecule has 0 aromatic heterocycles. The summed E-state index contributed by atoms with van der Waals surface area (Å²) >= 11 is 0. The van der Waals surface area contributed by atoms with Crippen LogP contribution in [0.5, 0.6) is 5.75 Å². The largest absolute Gasteiger partial charge is 0.495 e. The molecular formula is C23H29N3O5S. The number of hydrogen-bond donors (Lipinski definition) is 2. The van der Waals surface area contributed by atoms with Crippen LogP contribution in [0.3, 0.4) is 0 Å². The molecule has 4 rings (SSSR count). The Bertz CT molecular complexity index is 1050. The zero-order valence-corrected chi connectivity index (χ0v) is 19.0. The van der Waals surface area contributed by atoms with Crippen molar-refractivity contribution in [3.05, 3.63) is 59.2 Å². The lowest BCUT2D eigenvalue weighted by atomic mass is 10.1. The van der Waals surface area contributed by atoms with Gasteiger partial charge in [-0.2, -0.15) is 0 Å². The summed E-state index contributed by atoms with van der Waals surface area (Å²) < 4.78 is 38.5. The molecule has 1 heterocycles. The predicted octanol–water partition coefficient (Wildman–Crippen LogP) is 1.90. The van der Waals surface area contributed by atoms with Gasteiger partial charge in [0.05, 0.1) is 20.3 Å². The number of carbonyl (C=O) groups excluding carboxylic acids is 1. The Morgan fingerprint density at radius 2 is 1.78 bits per heavy atom. The Hall–Kier alpha value is -2.46. The fraction of sp³-hybridized carbons (Fsp3) is 0.435. The van der Waals surface area contributed by atoms with Crippen LogP contribution in [-0.2, 0) is 27.8 Å². The summed E-state index contributed by atoms with van der Waals surface area (Å²) in [6.07, 6.45) is 1.65. The monoisotopic (exact) mass is 459 g/mol. The number of sulfonamides is 1. The quantitative estimate of drug-likeness (QED) is 0.595. The lowest BCUT2D eigenvalue weighted by molar-refractivity contribution is 0.0342. The third-order valence-electron chi connectivity index (χ3n) is 5.60. The molecule has 2 aromatic rings. The lowest BCUT2D eigenvalue weighted by Crippen LogP contribution is -2.35. The van der Waals surface area contributed by atoms with Crippen LogP contribution >= 0.6 is 0 Å². The molecule has 2 fully saturated rings. The minimum absolute atomic E-state index is 0.0213. The maximum Gasteiger partial charge on any atom is 0.251 e. The molecule has 1 saturated heterocycles. The van der Waals surface area contributed by atoms with Gasteiger partial charge >= 0.3 is 0 Å². The first-order valence-electron chi connectivity index (χ1n) is 10.8. The van der Waals surface area contributed by atoms with Gasteiger partial charge in [0, 0.05) is 37.8 Å². The van der Waals surface area contributed by atoms with E-state index in [0.29, 0.717) is 6.54 Å². The number of nitrogens with one attached hydrogen (secondary N) is 2. The Kier molecular flexibility index (Phi) is 7.10. The Balaban J connectivity index is 1.37. The second-order valence-corrected chi connectivity index (χ2v) is 9.83.